The molecule has 0 radical (unpaired) electrons. The summed E-state index contributed by atoms with van der Waals surface area (Å²) in [5, 5.41) is 0. The topological polar surface area (TPSA) is 34.2 Å². The van der Waals surface area contributed by atoms with Crippen LogP contribution in [-0.4, -0.2) is 80.7 Å². The van der Waals surface area contributed by atoms with Crippen molar-refractivity contribution in [1.82, 2.24) is 9.80 Å². The maximum atomic E-state index is 6.60. The number of thiophene rings is 1. The second-order valence-corrected chi connectivity index (χ2v) is 9.02. The molecule has 0 amide bonds. The number of ether oxygens (including phenoxy) is 3. The van der Waals surface area contributed by atoms with E-state index in [9.17, 15) is 0 Å². The van der Waals surface area contributed by atoms with E-state index in [0.717, 1.165) is 78.5 Å². The third kappa shape index (κ3) is 4.62. The number of hydrogen-bond donors (Lipinski definition) is 0. The highest BCUT2D eigenvalue weighted by Gasteiger charge is 2.43. The molecule has 2 atom stereocenters. The summed E-state index contributed by atoms with van der Waals surface area (Å²) in [5.74, 6) is 0. The van der Waals surface area contributed by atoms with E-state index in [4.69, 9.17) is 14.2 Å². The minimum Gasteiger partial charge on any atom is -0.379 e. The lowest BCUT2D eigenvalue weighted by atomic mass is 10.00. The summed E-state index contributed by atoms with van der Waals surface area (Å²) < 4.78 is 18.0. The Morgan fingerprint density at radius 1 is 1.12 bits per heavy atom. The highest BCUT2D eigenvalue weighted by Crippen LogP contribution is 2.34. The summed E-state index contributed by atoms with van der Waals surface area (Å²) in [7, 11) is 0. The number of morpholine rings is 1. The van der Waals surface area contributed by atoms with E-state index in [0.29, 0.717) is 6.10 Å². The maximum absolute atomic E-state index is 6.60. The molecule has 3 aliphatic rings. The second kappa shape index (κ2) is 8.03. The van der Waals surface area contributed by atoms with E-state index in [1.165, 1.54) is 9.75 Å². The Morgan fingerprint density at radius 2 is 1.92 bits per heavy atom. The van der Waals surface area contributed by atoms with Crippen LogP contribution in [0.2, 0.25) is 0 Å². The van der Waals surface area contributed by atoms with Crippen LogP contribution in [0, 0.1) is 6.92 Å². The summed E-state index contributed by atoms with van der Waals surface area (Å²) in [5.41, 5.74) is -0.111. The van der Waals surface area contributed by atoms with E-state index in [1.54, 1.807) is 0 Å². The van der Waals surface area contributed by atoms with Gasteiger partial charge in [-0.15, -0.1) is 11.3 Å². The quantitative estimate of drug-likeness (QED) is 0.816. The minimum absolute atomic E-state index is 0.111. The van der Waals surface area contributed by atoms with Crippen molar-refractivity contribution in [2.75, 3.05) is 59.2 Å². The largest absolute Gasteiger partial charge is 0.379 e. The zero-order chi connectivity index (χ0) is 17.1. The molecule has 1 spiro atoms. The lowest BCUT2D eigenvalue weighted by Gasteiger charge is -2.33. The molecule has 0 aromatic carbocycles. The van der Waals surface area contributed by atoms with E-state index < -0.39 is 0 Å². The third-order valence-electron chi connectivity index (χ3n) is 5.51. The number of nitrogens with zero attached hydrogens (tertiary/aromatic N) is 2. The highest BCUT2D eigenvalue weighted by molar-refractivity contribution is 7.11. The van der Waals surface area contributed by atoms with Gasteiger partial charge in [-0.2, -0.15) is 0 Å². The van der Waals surface area contributed by atoms with Gasteiger partial charge in [-0.25, -0.2) is 0 Å². The Labute approximate surface area is 154 Å². The summed E-state index contributed by atoms with van der Waals surface area (Å²) in [6.45, 7) is 11.5. The standard InChI is InChI=1S/C19H30N2O3S/c1-16-2-3-18(25-16)13-21-8-11-23-15-19(14-21)5-4-17(24-19)12-20-6-9-22-10-7-20/h2-3,17H,4-15H2,1H3/t17-,19+/m0/s1. The molecule has 3 aliphatic heterocycles. The smallest absolute Gasteiger partial charge is 0.105 e. The fourth-order valence-corrected chi connectivity index (χ4v) is 5.16. The van der Waals surface area contributed by atoms with Crippen molar-refractivity contribution in [2.24, 2.45) is 0 Å². The van der Waals surface area contributed by atoms with Crippen LogP contribution in [0.1, 0.15) is 22.6 Å². The average Bonchev–Trinajstić information content (AvgIpc) is 3.12. The van der Waals surface area contributed by atoms with Crippen molar-refractivity contribution in [3.63, 3.8) is 0 Å². The van der Waals surface area contributed by atoms with Crippen LogP contribution in [0.4, 0.5) is 0 Å². The van der Waals surface area contributed by atoms with Gasteiger partial charge in [0.1, 0.15) is 5.60 Å². The summed E-state index contributed by atoms with van der Waals surface area (Å²) in [6.07, 6.45) is 2.60. The molecule has 0 unspecified atom stereocenters. The fourth-order valence-electron chi connectivity index (χ4n) is 4.23. The van der Waals surface area contributed by atoms with Crippen molar-refractivity contribution >= 4 is 11.3 Å². The number of aryl methyl sites for hydroxylation is 1. The van der Waals surface area contributed by atoms with Crippen LogP contribution < -0.4 is 0 Å². The monoisotopic (exact) mass is 366 g/mol. The first-order valence-corrected chi connectivity index (χ1v) is 10.4. The normalized spacial score (nSPS) is 32.3. The molecule has 0 aliphatic carbocycles. The summed E-state index contributed by atoms with van der Waals surface area (Å²) in [4.78, 5) is 7.84. The molecule has 1 aromatic rings. The average molecular weight is 367 g/mol. The van der Waals surface area contributed by atoms with Gasteiger partial charge in [-0.3, -0.25) is 9.80 Å². The van der Waals surface area contributed by atoms with E-state index in [-0.39, 0.29) is 5.60 Å². The Morgan fingerprint density at radius 3 is 2.72 bits per heavy atom. The Kier molecular flexibility index (Phi) is 5.74. The van der Waals surface area contributed by atoms with Gasteiger partial charge in [0.25, 0.3) is 0 Å². The first-order chi connectivity index (χ1) is 12.2. The van der Waals surface area contributed by atoms with Crippen LogP contribution in [-0.2, 0) is 20.8 Å². The van der Waals surface area contributed by atoms with Gasteiger partial charge in [0.2, 0.25) is 0 Å². The van der Waals surface area contributed by atoms with E-state index >= 15 is 0 Å². The third-order valence-corrected chi connectivity index (χ3v) is 6.49. The summed E-state index contributed by atoms with van der Waals surface area (Å²) in [6, 6.07) is 4.48. The fraction of sp³-hybridized carbons (Fsp3) is 0.789. The molecule has 4 rings (SSSR count). The van der Waals surface area contributed by atoms with Crippen molar-refractivity contribution in [2.45, 2.75) is 38.0 Å². The van der Waals surface area contributed by atoms with Crippen LogP contribution in [0.25, 0.3) is 0 Å². The lowest BCUT2D eigenvalue weighted by Crippen LogP contribution is -2.46. The van der Waals surface area contributed by atoms with Crippen molar-refractivity contribution in [3.8, 4) is 0 Å². The van der Waals surface area contributed by atoms with Gasteiger partial charge in [-0.1, -0.05) is 0 Å². The molecule has 140 valence electrons. The van der Waals surface area contributed by atoms with E-state index in [2.05, 4.69) is 28.9 Å². The zero-order valence-electron chi connectivity index (χ0n) is 15.2. The maximum Gasteiger partial charge on any atom is 0.105 e. The molecular weight excluding hydrogens is 336 g/mol. The Hall–Kier alpha value is -0.500. The minimum atomic E-state index is -0.111. The molecule has 3 fully saturated rings. The van der Waals surface area contributed by atoms with Crippen LogP contribution in [0.15, 0.2) is 12.1 Å². The molecule has 5 nitrogen and oxygen atoms in total. The summed E-state index contributed by atoms with van der Waals surface area (Å²) >= 11 is 1.90. The molecule has 4 heterocycles. The van der Waals surface area contributed by atoms with Crippen molar-refractivity contribution in [1.29, 1.82) is 0 Å². The Bertz CT molecular complexity index is 561. The van der Waals surface area contributed by atoms with Gasteiger partial charge in [0, 0.05) is 49.0 Å². The Balaban J connectivity index is 1.35. The van der Waals surface area contributed by atoms with Crippen LogP contribution >= 0.6 is 11.3 Å². The van der Waals surface area contributed by atoms with Crippen LogP contribution in [0.5, 0.6) is 0 Å². The van der Waals surface area contributed by atoms with Gasteiger partial charge in [-0.05, 0) is 31.9 Å². The molecule has 1 aromatic heterocycles. The molecule has 0 bridgehead atoms. The molecule has 6 heteroatoms. The van der Waals surface area contributed by atoms with Crippen molar-refractivity contribution < 1.29 is 14.2 Å². The first-order valence-electron chi connectivity index (χ1n) is 9.54. The second-order valence-electron chi connectivity index (χ2n) is 7.65. The zero-order valence-corrected chi connectivity index (χ0v) is 16.1. The molecule has 25 heavy (non-hydrogen) atoms. The number of hydrogen-bond acceptors (Lipinski definition) is 6. The van der Waals surface area contributed by atoms with E-state index in [1.807, 2.05) is 11.3 Å². The van der Waals surface area contributed by atoms with Crippen LogP contribution in [0.3, 0.4) is 0 Å². The van der Waals surface area contributed by atoms with Gasteiger partial charge < -0.3 is 14.2 Å². The van der Waals surface area contributed by atoms with Gasteiger partial charge in [0.05, 0.1) is 32.5 Å². The van der Waals surface area contributed by atoms with Crippen molar-refractivity contribution in [3.05, 3.63) is 21.9 Å². The molecule has 3 saturated heterocycles. The van der Waals surface area contributed by atoms with Gasteiger partial charge >= 0.3 is 0 Å². The molecular formula is C19H30N2O3S. The highest BCUT2D eigenvalue weighted by atomic mass is 32.1. The molecule has 0 saturated carbocycles. The SMILES string of the molecule is Cc1ccc(CN2CCOC[C@@]3(CC[C@@H](CN4CCOCC4)O3)C2)s1. The first kappa shape index (κ1) is 17.9. The number of rotatable bonds is 4. The van der Waals surface area contributed by atoms with Gasteiger partial charge in [0.15, 0.2) is 0 Å². The lowest BCUT2D eigenvalue weighted by molar-refractivity contribution is -0.0966. The predicted molar refractivity (Wildman–Crippen MR) is 99.2 cm³/mol. The predicted octanol–water partition coefficient (Wildman–Crippen LogP) is 2.14. The molecule has 0 N–H and O–H groups in total.